The van der Waals surface area contributed by atoms with E-state index >= 15 is 0 Å². The summed E-state index contributed by atoms with van der Waals surface area (Å²) in [5, 5.41) is 20.8. The monoisotopic (exact) mass is 548 g/mol. The molecule has 1 aromatic carbocycles. The molecule has 2 saturated heterocycles. The average molecular weight is 549 g/mol. The Balaban J connectivity index is 1.44. The van der Waals surface area contributed by atoms with Crippen molar-refractivity contribution in [1.82, 2.24) is 20.9 Å². The number of hydrogen-bond acceptors (Lipinski definition) is 9. The fraction of sp³-hybridized carbons (Fsp3) is 0.483. The van der Waals surface area contributed by atoms with Crippen molar-refractivity contribution >= 4 is 35.6 Å². The molecule has 3 aliphatic rings. The minimum absolute atomic E-state index is 0.101. The van der Waals surface area contributed by atoms with Crippen molar-refractivity contribution in [3.05, 3.63) is 53.9 Å². The molecule has 1 unspecified atom stereocenters. The van der Waals surface area contributed by atoms with Gasteiger partial charge in [0.15, 0.2) is 0 Å². The lowest BCUT2D eigenvalue weighted by molar-refractivity contribution is -0.136. The highest BCUT2D eigenvalue weighted by molar-refractivity contribution is 6.00. The van der Waals surface area contributed by atoms with Crippen molar-refractivity contribution in [2.24, 2.45) is 15.9 Å². The van der Waals surface area contributed by atoms with Gasteiger partial charge in [-0.05, 0) is 61.8 Å². The third-order valence-corrected chi connectivity index (χ3v) is 7.13. The zero-order valence-corrected chi connectivity index (χ0v) is 23.3. The Kier molecular flexibility index (Phi) is 10.1. The molecule has 2 atom stereocenters. The molecule has 5 N–H and O–H groups in total. The molecule has 2 amide bonds. The second kappa shape index (κ2) is 13.9. The number of likely N-dealkylation sites (tertiary alicyclic amines) is 1. The van der Waals surface area contributed by atoms with Gasteiger partial charge in [-0.15, -0.1) is 0 Å². The molecule has 3 heterocycles. The number of guanidine groups is 2. The van der Waals surface area contributed by atoms with Crippen LogP contribution in [0.2, 0.25) is 0 Å². The molecule has 214 valence electrons. The van der Waals surface area contributed by atoms with Crippen LogP contribution in [0.5, 0.6) is 0 Å². The maximum absolute atomic E-state index is 13.1. The van der Waals surface area contributed by atoms with Gasteiger partial charge in [-0.1, -0.05) is 32.6 Å². The maximum Gasteiger partial charge on any atom is 0.247 e. The predicted octanol–water partition coefficient (Wildman–Crippen LogP) is 2.88. The zero-order valence-electron chi connectivity index (χ0n) is 23.3. The first-order valence-corrected chi connectivity index (χ1v) is 14.0. The summed E-state index contributed by atoms with van der Waals surface area (Å²) in [7, 11) is 0. The summed E-state index contributed by atoms with van der Waals surface area (Å²) in [6.45, 7) is 9.98. The summed E-state index contributed by atoms with van der Waals surface area (Å²) in [6, 6.07) is 7.20. The van der Waals surface area contributed by atoms with E-state index in [9.17, 15) is 9.59 Å². The minimum Gasteiger partial charge on any atom is -0.379 e. The summed E-state index contributed by atoms with van der Waals surface area (Å²) in [5.41, 5.74) is 2.36. The number of nitrogens with zero attached hydrogens (tertiary/aromatic N) is 3. The van der Waals surface area contributed by atoms with Crippen LogP contribution < -0.4 is 21.3 Å². The first kappa shape index (κ1) is 29.0. The number of nitrogens with one attached hydrogen (secondary N) is 5. The van der Waals surface area contributed by atoms with Crippen LogP contribution in [0.4, 0.5) is 5.69 Å². The molecule has 2 fully saturated rings. The lowest BCUT2D eigenvalue weighted by Gasteiger charge is -2.34. The van der Waals surface area contributed by atoms with Gasteiger partial charge in [-0.3, -0.25) is 9.59 Å². The number of ether oxygens (including phenoxy) is 1. The van der Waals surface area contributed by atoms with Crippen molar-refractivity contribution in [1.29, 1.82) is 5.41 Å². The van der Waals surface area contributed by atoms with Crippen LogP contribution in [-0.4, -0.2) is 66.7 Å². The molecule has 11 nitrogen and oxygen atoms in total. The van der Waals surface area contributed by atoms with E-state index < -0.39 is 6.04 Å². The highest BCUT2D eigenvalue weighted by Gasteiger charge is 2.31. The zero-order chi connectivity index (χ0) is 28.5. The van der Waals surface area contributed by atoms with Crippen LogP contribution in [0.1, 0.15) is 51.5 Å². The molecule has 0 radical (unpaired) electrons. The van der Waals surface area contributed by atoms with Gasteiger partial charge >= 0.3 is 0 Å². The SMILES string of the molecule is C=CC(=O)N1CCCCC1C(=O)Nc1cccc(CNC2=NC(N[C@@H]3CCCOC3)=N/C(=C(/C=N)C(C)C)N2)c1. The number of amides is 2. The van der Waals surface area contributed by atoms with Gasteiger partial charge in [0.05, 0.1) is 12.6 Å². The van der Waals surface area contributed by atoms with Crippen LogP contribution in [0, 0.1) is 11.3 Å². The molecule has 0 aliphatic carbocycles. The smallest absolute Gasteiger partial charge is 0.247 e. The van der Waals surface area contributed by atoms with E-state index in [1.165, 1.54) is 12.3 Å². The van der Waals surface area contributed by atoms with E-state index in [0.29, 0.717) is 49.5 Å². The van der Waals surface area contributed by atoms with Crippen molar-refractivity contribution in [2.45, 2.75) is 64.6 Å². The van der Waals surface area contributed by atoms with Crippen molar-refractivity contribution in [2.75, 3.05) is 25.1 Å². The van der Waals surface area contributed by atoms with E-state index in [2.05, 4.69) is 37.8 Å². The Morgan fingerprint density at radius 3 is 2.83 bits per heavy atom. The Bertz CT molecular complexity index is 1200. The molecule has 0 spiro atoms. The molecular formula is C29H40N8O3. The largest absolute Gasteiger partial charge is 0.379 e. The number of allylic oxidation sites excluding steroid dienone is 1. The highest BCUT2D eigenvalue weighted by atomic mass is 16.5. The van der Waals surface area contributed by atoms with E-state index in [4.69, 9.17) is 10.1 Å². The molecule has 4 rings (SSSR count). The number of carbonyl (C=O) groups excluding carboxylic acids is 2. The Hall–Kier alpha value is -3.99. The molecular weight excluding hydrogens is 508 g/mol. The number of rotatable bonds is 8. The molecule has 40 heavy (non-hydrogen) atoms. The fourth-order valence-electron chi connectivity index (χ4n) is 4.99. The van der Waals surface area contributed by atoms with Gasteiger partial charge in [0.25, 0.3) is 0 Å². The van der Waals surface area contributed by atoms with Gasteiger partial charge in [0, 0.05) is 37.2 Å². The number of carbonyl (C=O) groups is 2. The van der Waals surface area contributed by atoms with Crippen molar-refractivity contribution < 1.29 is 14.3 Å². The van der Waals surface area contributed by atoms with E-state index in [-0.39, 0.29) is 23.8 Å². The topological polar surface area (TPSA) is 143 Å². The molecule has 0 aromatic heterocycles. The van der Waals surface area contributed by atoms with Crippen molar-refractivity contribution in [3.8, 4) is 0 Å². The molecule has 0 bridgehead atoms. The molecule has 3 aliphatic heterocycles. The summed E-state index contributed by atoms with van der Waals surface area (Å²) in [4.78, 5) is 36.2. The molecule has 11 heteroatoms. The lowest BCUT2D eigenvalue weighted by Crippen LogP contribution is -2.49. The Morgan fingerprint density at radius 1 is 1.25 bits per heavy atom. The fourth-order valence-corrected chi connectivity index (χ4v) is 4.99. The first-order valence-electron chi connectivity index (χ1n) is 14.0. The lowest BCUT2D eigenvalue weighted by atomic mass is 10.0. The minimum atomic E-state index is -0.504. The van der Waals surface area contributed by atoms with Gasteiger partial charge < -0.3 is 36.3 Å². The number of anilines is 1. The van der Waals surface area contributed by atoms with Crippen LogP contribution in [0.3, 0.4) is 0 Å². The maximum atomic E-state index is 13.1. The second-order valence-corrected chi connectivity index (χ2v) is 10.5. The van der Waals surface area contributed by atoms with Gasteiger partial charge in [-0.25, -0.2) is 0 Å². The van der Waals surface area contributed by atoms with Gasteiger partial charge in [0.2, 0.25) is 23.7 Å². The highest BCUT2D eigenvalue weighted by Crippen LogP contribution is 2.20. The van der Waals surface area contributed by atoms with Gasteiger partial charge in [-0.2, -0.15) is 9.98 Å². The Morgan fingerprint density at radius 2 is 2.10 bits per heavy atom. The normalized spacial score (nSPS) is 22.3. The summed E-state index contributed by atoms with van der Waals surface area (Å²) >= 11 is 0. The number of piperidine rings is 1. The predicted molar refractivity (Wildman–Crippen MR) is 157 cm³/mol. The van der Waals surface area contributed by atoms with Crippen LogP contribution >= 0.6 is 0 Å². The summed E-state index contributed by atoms with van der Waals surface area (Å²) in [6.07, 6.45) is 6.96. The third kappa shape index (κ3) is 7.56. The Labute approximate surface area is 235 Å². The third-order valence-electron chi connectivity index (χ3n) is 7.13. The number of benzene rings is 1. The number of hydrogen-bond donors (Lipinski definition) is 5. The second-order valence-electron chi connectivity index (χ2n) is 10.5. The number of aliphatic imine (C=N–C) groups is 2. The quantitative estimate of drug-likeness (QED) is 0.250. The van der Waals surface area contributed by atoms with Crippen LogP contribution in [0.15, 0.2) is 58.3 Å². The molecule has 0 saturated carbocycles. The van der Waals surface area contributed by atoms with E-state index in [1.807, 2.05) is 38.1 Å². The van der Waals surface area contributed by atoms with Crippen LogP contribution in [0.25, 0.3) is 0 Å². The first-order chi connectivity index (χ1) is 19.4. The summed E-state index contributed by atoms with van der Waals surface area (Å²) < 4.78 is 5.59. The van der Waals surface area contributed by atoms with Crippen molar-refractivity contribution in [3.63, 3.8) is 0 Å². The summed E-state index contributed by atoms with van der Waals surface area (Å²) in [5.74, 6) is 1.25. The van der Waals surface area contributed by atoms with E-state index in [1.54, 1.807) is 4.90 Å². The molecule has 1 aromatic rings. The van der Waals surface area contributed by atoms with E-state index in [0.717, 1.165) is 43.4 Å². The average Bonchev–Trinajstić information content (AvgIpc) is 2.96. The van der Waals surface area contributed by atoms with Gasteiger partial charge in [0.1, 0.15) is 11.9 Å². The van der Waals surface area contributed by atoms with Crippen LogP contribution in [-0.2, 0) is 20.9 Å². The standard InChI is InChI=1S/C29H40N8O3/c1-4-25(38)37-13-6-5-12-24(37)27(39)32-21-10-7-9-20(15-21)17-31-28-34-26(23(16-30)19(2)3)35-29(36-28)33-22-11-8-14-40-18-22/h4,7,9-10,15-16,19,22,24,30H,1,5-6,8,11-14,17-18H2,2-3H3,(H,32,39)(H3,31,33,34,35,36)/b26-23-,30-16?/t22-,24?/m1/s1.